The van der Waals surface area contributed by atoms with Gasteiger partial charge in [-0.1, -0.05) is 0 Å². The number of H-pyrrole nitrogens is 1. The van der Waals surface area contributed by atoms with Crippen LogP contribution in [0.1, 0.15) is 23.0 Å². The smallest absolute Gasteiger partial charge is 0.255 e. The molecule has 0 unspecified atom stereocenters. The van der Waals surface area contributed by atoms with Gasteiger partial charge in [0.2, 0.25) is 5.91 Å². The van der Waals surface area contributed by atoms with Crippen molar-refractivity contribution in [3.8, 4) is 0 Å². The van der Waals surface area contributed by atoms with E-state index in [1.54, 1.807) is 13.0 Å². The van der Waals surface area contributed by atoms with E-state index in [-0.39, 0.29) is 11.8 Å². The molecule has 2 amide bonds. The van der Waals surface area contributed by atoms with E-state index in [9.17, 15) is 9.59 Å². The van der Waals surface area contributed by atoms with Crippen LogP contribution in [0.15, 0.2) is 47.3 Å². The lowest BCUT2D eigenvalue weighted by molar-refractivity contribution is -0.117. The van der Waals surface area contributed by atoms with Gasteiger partial charge in [-0.3, -0.25) is 9.59 Å². The highest BCUT2D eigenvalue weighted by Crippen LogP contribution is 2.19. The fraction of sp³-hybridized carbons (Fsp3) is 0.176. The molecule has 0 bridgehead atoms. The maximum Gasteiger partial charge on any atom is 0.255 e. The highest BCUT2D eigenvalue weighted by Gasteiger charge is 2.17. The summed E-state index contributed by atoms with van der Waals surface area (Å²) in [5, 5.41) is 6.45. The van der Waals surface area contributed by atoms with Crippen molar-refractivity contribution < 1.29 is 14.0 Å². The molecule has 3 aromatic rings. The van der Waals surface area contributed by atoms with E-state index in [1.807, 2.05) is 31.2 Å². The first-order valence-corrected chi connectivity index (χ1v) is 7.26. The summed E-state index contributed by atoms with van der Waals surface area (Å²) >= 11 is 0. The van der Waals surface area contributed by atoms with Crippen LogP contribution in [0.2, 0.25) is 0 Å². The van der Waals surface area contributed by atoms with Gasteiger partial charge in [0.1, 0.15) is 12.3 Å². The number of rotatable bonds is 4. The second-order valence-electron chi connectivity index (χ2n) is 5.45. The van der Waals surface area contributed by atoms with Crippen LogP contribution in [0.5, 0.6) is 0 Å². The number of aromatic amines is 1. The number of furan rings is 1. The quantitative estimate of drug-likeness (QED) is 0.692. The molecule has 118 valence electrons. The van der Waals surface area contributed by atoms with Crippen LogP contribution in [0.4, 0.5) is 5.69 Å². The number of hydrogen-bond donors (Lipinski definition) is 3. The van der Waals surface area contributed by atoms with E-state index in [0.29, 0.717) is 11.3 Å². The van der Waals surface area contributed by atoms with E-state index in [1.165, 1.54) is 12.5 Å². The largest absolute Gasteiger partial charge is 0.472 e. The van der Waals surface area contributed by atoms with Crippen molar-refractivity contribution >= 4 is 28.4 Å². The van der Waals surface area contributed by atoms with Crippen molar-refractivity contribution in [3.05, 3.63) is 54.1 Å². The van der Waals surface area contributed by atoms with Gasteiger partial charge in [0.05, 0.1) is 11.8 Å². The minimum Gasteiger partial charge on any atom is -0.472 e. The van der Waals surface area contributed by atoms with Crippen molar-refractivity contribution in [2.24, 2.45) is 0 Å². The second-order valence-corrected chi connectivity index (χ2v) is 5.45. The summed E-state index contributed by atoms with van der Waals surface area (Å²) in [5.41, 5.74) is 3.14. The molecule has 23 heavy (non-hydrogen) atoms. The molecule has 1 atom stereocenters. The normalized spacial score (nSPS) is 12.1. The number of aromatic nitrogens is 1. The molecule has 0 fully saturated rings. The van der Waals surface area contributed by atoms with Crippen LogP contribution in [0.25, 0.3) is 10.9 Å². The molecule has 6 heteroatoms. The lowest BCUT2D eigenvalue weighted by atomic mass is 10.2. The molecule has 0 radical (unpaired) electrons. The van der Waals surface area contributed by atoms with Gasteiger partial charge in [0, 0.05) is 22.3 Å². The Labute approximate surface area is 132 Å². The van der Waals surface area contributed by atoms with Crippen molar-refractivity contribution in [2.45, 2.75) is 19.9 Å². The molecule has 0 saturated heterocycles. The Balaban J connectivity index is 1.66. The first-order chi connectivity index (χ1) is 11.0. The number of nitrogens with one attached hydrogen (secondary N) is 3. The van der Waals surface area contributed by atoms with E-state index in [0.717, 1.165) is 16.6 Å². The Bertz CT molecular complexity index is 849. The van der Waals surface area contributed by atoms with Gasteiger partial charge in [0.15, 0.2) is 0 Å². The minimum absolute atomic E-state index is 0.284. The van der Waals surface area contributed by atoms with Gasteiger partial charge in [0.25, 0.3) is 5.91 Å². The third kappa shape index (κ3) is 3.26. The van der Waals surface area contributed by atoms with Crippen LogP contribution in [-0.2, 0) is 4.79 Å². The Morgan fingerprint density at radius 3 is 2.78 bits per heavy atom. The predicted molar refractivity (Wildman–Crippen MR) is 87.3 cm³/mol. The summed E-state index contributed by atoms with van der Waals surface area (Å²) in [6.07, 6.45) is 2.75. The van der Waals surface area contributed by atoms with Crippen LogP contribution in [0.3, 0.4) is 0 Å². The SMILES string of the molecule is Cc1cc2cc(NC(=O)[C@@H](C)NC(=O)c3ccoc3)ccc2[nH]1. The Morgan fingerprint density at radius 2 is 2.04 bits per heavy atom. The van der Waals surface area contributed by atoms with Crippen LogP contribution < -0.4 is 10.6 Å². The molecule has 3 rings (SSSR count). The third-order valence-corrected chi connectivity index (χ3v) is 3.55. The highest BCUT2D eigenvalue weighted by molar-refractivity contribution is 6.01. The summed E-state index contributed by atoms with van der Waals surface area (Å²) in [7, 11) is 0. The molecule has 2 aromatic heterocycles. The van der Waals surface area contributed by atoms with Gasteiger partial charge in [-0.15, -0.1) is 0 Å². The van der Waals surface area contributed by atoms with E-state index >= 15 is 0 Å². The zero-order valence-corrected chi connectivity index (χ0v) is 12.8. The van der Waals surface area contributed by atoms with Crippen molar-refractivity contribution in [2.75, 3.05) is 5.32 Å². The number of anilines is 1. The Morgan fingerprint density at radius 1 is 1.22 bits per heavy atom. The van der Waals surface area contributed by atoms with Gasteiger partial charge in [-0.05, 0) is 44.2 Å². The number of benzene rings is 1. The first kappa shape index (κ1) is 14.9. The molecular weight excluding hydrogens is 294 g/mol. The molecule has 1 aromatic carbocycles. The van der Waals surface area contributed by atoms with E-state index < -0.39 is 6.04 Å². The van der Waals surface area contributed by atoms with Gasteiger partial charge < -0.3 is 20.0 Å². The number of fused-ring (bicyclic) bond motifs is 1. The van der Waals surface area contributed by atoms with Gasteiger partial charge in [-0.2, -0.15) is 0 Å². The zero-order valence-electron chi connectivity index (χ0n) is 12.8. The minimum atomic E-state index is -0.666. The number of aryl methyl sites for hydroxylation is 1. The molecule has 0 aliphatic carbocycles. The van der Waals surface area contributed by atoms with E-state index in [2.05, 4.69) is 15.6 Å². The fourth-order valence-electron chi connectivity index (χ4n) is 2.35. The second kappa shape index (κ2) is 6.00. The van der Waals surface area contributed by atoms with Crippen molar-refractivity contribution in [3.63, 3.8) is 0 Å². The van der Waals surface area contributed by atoms with Crippen molar-refractivity contribution in [1.82, 2.24) is 10.3 Å². The summed E-state index contributed by atoms with van der Waals surface area (Å²) in [6.45, 7) is 3.61. The standard InChI is InChI=1S/C17H17N3O3/c1-10-7-13-8-14(3-4-15(13)18-10)20-16(21)11(2)19-17(22)12-5-6-23-9-12/h3-9,11,18H,1-2H3,(H,19,22)(H,20,21)/t11-/m1/s1. The highest BCUT2D eigenvalue weighted by atomic mass is 16.3. The lowest BCUT2D eigenvalue weighted by Crippen LogP contribution is -2.41. The molecule has 0 aliphatic rings. The van der Waals surface area contributed by atoms with E-state index in [4.69, 9.17) is 4.42 Å². The first-order valence-electron chi connectivity index (χ1n) is 7.26. The molecule has 2 heterocycles. The monoisotopic (exact) mass is 311 g/mol. The molecule has 0 aliphatic heterocycles. The molecular formula is C17H17N3O3. The number of amides is 2. The predicted octanol–water partition coefficient (Wildman–Crippen LogP) is 2.83. The molecule has 0 saturated carbocycles. The Kier molecular flexibility index (Phi) is 3.89. The summed E-state index contributed by atoms with van der Waals surface area (Å²) in [6, 6.07) is 8.51. The number of carbonyl (C=O) groups is 2. The summed E-state index contributed by atoms with van der Waals surface area (Å²) < 4.78 is 4.85. The molecule has 6 nitrogen and oxygen atoms in total. The summed E-state index contributed by atoms with van der Waals surface area (Å²) in [5.74, 6) is -0.633. The average molecular weight is 311 g/mol. The third-order valence-electron chi connectivity index (χ3n) is 3.55. The van der Waals surface area contributed by atoms with Crippen molar-refractivity contribution in [1.29, 1.82) is 0 Å². The van der Waals surface area contributed by atoms with Gasteiger partial charge >= 0.3 is 0 Å². The van der Waals surface area contributed by atoms with Gasteiger partial charge in [-0.25, -0.2) is 0 Å². The topological polar surface area (TPSA) is 87.1 Å². The fourth-order valence-corrected chi connectivity index (χ4v) is 2.35. The van der Waals surface area contributed by atoms with Crippen LogP contribution in [-0.4, -0.2) is 22.8 Å². The lowest BCUT2D eigenvalue weighted by Gasteiger charge is -2.13. The maximum atomic E-state index is 12.2. The zero-order chi connectivity index (χ0) is 16.4. The summed E-state index contributed by atoms with van der Waals surface area (Å²) in [4.78, 5) is 27.3. The number of hydrogen-bond acceptors (Lipinski definition) is 3. The average Bonchev–Trinajstić information content (AvgIpc) is 3.14. The van der Waals surface area contributed by atoms with Crippen LogP contribution >= 0.6 is 0 Å². The molecule has 0 spiro atoms. The molecule has 3 N–H and O–H groups in total. The maximum absolute atomic E-state index is 12.2. The van der Waals surface area contributed by atoms with Crippen LogP contribution in [0, 0.1) is 6.92 Å². The Hall–Kier alpha value is -3.02. The number of carbonyl (C=O) groups excluding carboxylic acids is 2.